The number of rotatable bonds is 27. The summed E-state index contributed by atoms with van der Waals surface area (Å²) in [6, 6.07) is 2.29. The summed E-state index contributed by atoms with van der Waals surface area (Å²) >= 11 is 0. The zero-order valence-corrected chi connectivity index (χ0v) is 45.3. The molecule has 0 aromatic heterocycles. The van der Waals surface area contributed by atoms with Crippen LogP contribution < -0.4 is 54.2 Å². The van der Waals surface area contributed by atoms with Gasteiger partial charge in [-0.3, -0.25) is 34.2 Å². The second kappa shape index (κ2) is 31.1. The van der Waals surface area contributed by atoms with Gasteiger partial charge in [0, 0.05) is 31.7 Å². The van der Waals surface area contributed by atoms with Crippen LogP contribution in [0, 0.1) is 11.8 Å². The summed E-state index contributed by atoms with van der Waals surface area (Å²) in [6.07, 6.45) is 7.30. The summed E-state index contributed by atoms with van der Waals surface area (Å²) < 4.78 is 23.4. The van der Waals surface area contributed by atoms with Crippen LogP contribution >= 0.6 is 0 Å². The minimum absolute atomic E-state index is 0.0801. The fourth-order valence-electron chi connectivity index (χ4n) is 8.91. The Morgan fingerprint density at radius 1 is 0.883 bits per heavy atom. The Hall–Kier alpha value is -6.44. The highest BCUT2D eigenvalue weighted by Crippen LogP contribution is 2.43. The lowest BCUT2D eigenvalue weighted by atomic mass is 9.87. The van der Waals surface area contributed by atoms with Gasteiger partial charge in [-0.1, -0.05) is 62.8 Å². The van der Waals surface area contributed by atoms with Gasteiger partial charge < -0.3 is 72.5 Å². The molecular formula is C53H82N10O14. The first-order valence-corrected chi connectivity index (χ1v) is 26.4. The molecule has 3 saturated heterocycles. The van der Waals surface area contributed by atoms with E-state index in [-0.39, 0.29) is 68.9 Å². The minimum atomic E-state index is -1.11. The van der Waals surface area contributed by atoms with Crippen LogP contribution in [0.5, 0.6) is 0 Å². The molecule has 77 heavy (non-hydrogen) atoms. The highest BCUT2D eigenvalue weighted by atomic mass is 16.6. The number of aliphatic hydroxyl groups is 2. The third-order valence-electron chi connectivity index (χ3n) is 13.4. The van der Waals surface area contributed by atoms with Gasteiger partial charge in [-0.05, 0) is 102 Å². The molecular weight excluding hydrogens is 1000 g/mol. The van der Waals surface area contributed by atoms with E-state index in [0.29, 0.717) is 50.1 Å². The molecule has 0 bridgehead atoms. The largest absolute Gasteiger partial charge is 0.443 e. The topological polar surface area (TPSA) is 366 Å². The van der Waals surface area contributed by atoms with Gasteiger partial charge in [-0.25, -0.2) is 15.0 Å². The number of hydrazine groups is 1. The Bertz CT molecular complexity index is 2250. The Kier molecular flexibility index (Phi) is 25.5. The maximum absolute atomic E-state index is 13.7. The zero-order chi connectivity index (χ0) is 56.8. The molecule has 4 rings (SSSR count). The number of benzene rings is 1. The average Bonchev–Trinajstić information content (AvgIpc) is 4.16. The lowest BCUT2D eigenvalue weighted by molar-refractivity contribution is -0.145. The van der Waals surface area contributed by atoms with Crippen molar-refractivity contribution in [3.05, 3.63) is 65.8 Å². The minimum Gasteiger partial charge on any atom is -0.443 e. The Morgan fingerprint density at radius 3 is 2.21 bits per heavy atom. The molecule has 12 atom stereocenters. The van der Waals surface area contributed by atoms with E-state index in [4.69, 9.17) is 30.4 Å². The molecule has 9 amide bonds. The highest BCUT2D eigenvalue weighted by molar-refractivity contribution is 5.99. The van der Waals surface area contributed by atoms with Gasteiger partial charge in [0.25, 0.3) is 0 Å². The van der Waals surface area contributed by atoms with Gasteiger partial charge in [0.05, 0.1) is 43.5 Å². The number of unbranched alkanes of at least 4 members (excludes halogenated alkanes) is 1. The van der Waals surface area contributed by atoms with Crippen LogP contribution in [0.3, 0.4) is 0 Å². The summed E-state index contributed by atoms with van der Waals surface area (Å²) in [4.78, 5) is 102. The predicted octanol–water partition coefficient (Wildman–Crippen LogP) is 1.40. The van der Waals surface area contributed by atoms with E-state index in [2.05, 4.69) is 49.7 Å². The second-order valence-electron chi connectivity index (χ2n) is 20.5. The molecule has 0 radical (unpaired) electrons. The molecule has 0 saturated carbocycles. The predicted molar refractivity (Wildman–Crippen MR) is 284 cm³/mol. The lowest BCUT2D eigenvalue weighted by Crippen LogP contribution is -2.57. The number of ether oxygens (including phenoxy) is 4. The van der Waals surface area contributed by atoms with Gasteiger partial charge in [0.1, 0.15) is 42.5 Å². The second-order valence-corrected chi connectivity index (χ2v) is 20.5. The maximum atomic E-state index is 13.7. The van der Waals surface area contributed by atoms with Gasteiger partial charge in [-0.2, -0.15) is 0 Å². The number of aliphatic hydroxyl groups excluding tert-OH is 2. The number of carbonyl (C=O) groups is 8. The Balaban J connectivity index is 1.24. The monoisotopic (exact) mass is 1080 g/mol. The molecule has 14 N–H and O–H groups in total. The van der Waals surface area contributed by atoms with Crippen molar-refractivity contribution in [2.24, 2.45) is 23.3 Å². The number of hydrogen-bond donors (Lipinski definition) is 12. The van der Waals surface area contributed by atoms with Crippen LogP contribution in [0.1, 0.15) is 112 Å². The maximum Gasteiger partial charge on any atom is 0.426 e. The van der Waals surface area contributed by atoms with Crippen LogP contribution in [-0.4, -0.2) is 144 Å². The van der Waals surface area contributed by atoms with Crippen LogP contribution in [-0.2, 0) is 54.3 Å². The number of nitrogens with one attached hydrogen (secondary N) is 8. The number of allylic oxidation sites excluding steroid dienone is 2. The van der Waals surface area contributed by atoms with E-state index in [1.54, 1.807) is 51.1 Å². The van der Waals surface area contributed by atoms with Crippen molar-refractivity contribution in [1.82, 2.24) is 37.4 Å². The summed E-state index contributed by atoms with van der Waals surface area (Å²) in [7, 11) is 0. The van der Waals surface area contributed by atoms with E-state index in [1.165, 1.54) is 19.1 Å². The summed E-state index contributed by atoms with van der Waals surface area (Å²) in [5.74, 6) is -3.32. The van der Waals surface area contributed by atoms with E-state index in [9.17, 15) is 48.6 Å². The number of carbonyl (C=O) groups excluding carboxylic acids is 8. The number of hydrogen-bond acceptors (Lipinski definition) is 15. The third kappa shape index (κ3) is 21.8. The first-order chi connectivity index (χ1) is 36.5. The zero-order valence-electron chi connectivity index (χ0n) is 45.3. The summed E-state index contributed by atoms with van der Waals surface area (Å²) in [5.41, 5.74) is 16.3. The number of nitrogens with two attached hydrogens (primary N) is 2. The normalized spacial score (nSPS) is 24.7. The Morgan fingerprint density at radius 2 is 1.57 bits per heavy atom. The van der Waals surface area contributed by atoms with Crippen LogP contribution in [0.25, 0.3) is 0 Å². The highest BCUT2D eigenvalue weighted by Gasteiger charge is 2.58. The van der Waals surface area contributed by atoms with Gasteiger partial charge >= 0.3 is 12.1 Å². The average molecular weight is 1080 g/mol. The van der Waals surface area contributed by atoms with Crippen molar-refractivity contribution in [1.29, 1.82) is 0 Å². The smallest absolute Gasteiger partial charge is 0.426 e. The molecule has 3 fully saturated rings. The number of primary amides is 1. The van der Waals surface area contributed by atoms with Gasteiger partial charge in [0.2, 0.25) is 35.4 Å². The summed E-state index contributed by atoms with van der Waals surface area (Å²) in [5, 5.41) is 36.8. The molecule has 428 valence electrons. The fourth-order valence-corrected chi connectivity index (χ4v) is 8.91. The fraction of sp³-hybridized carbons (Fsp3) is 0.623. The quantitative estimate of drug-likeness (QED) is 0.0195. The molecule has 1 aromatic carbocycles. The molecule has 24 nitrogen and oxygen atoms in total. The number of urea groups is 1. The van der Waals surface area contributed by atoms with E-state index >= 15 is 0 Å². The standard InChI is InChI=1S/C53H82N10O14/c1-30(2)46(61-49(70)39(57-35(7)65)11-8-9-23-54)50(71)60-40(12-10-24-56-51(55)72)48(69)58-37-18-16-36(17-19-37)28-74-52(73)63-62-45(67)26-38-27-53(29-75-53)47(68)43(77-38)21-14-31(3)13-20-42-32(4)25-41(34(6)76-42)59-44(66)22-15-33(5)64/h13-19,21-22,30,32-34,38-43,46-47,64,68H,8-12,20,23-29,54H2,1-7H3,(H,57,65)(H,58,69)(H,59,66)(H,60,71)(H,61,70)(H,62,67)(H,63,73)(H3,55,56,72)/b21-14+,22-15-,31-13+/t32-,33-,34+,38+,39-,40-,41+,42-,43+,46-,47+,53+/m0/s1. The van der Waals surface area contributed by atoms with Crippen molar-refractivity contribution in [2.75, 3.05) is 25.0 Å². The molecule has 1 spiro atoms. The van der Waals surface area contributed by atoms with Crippen molar-refractivity contribution in [2.45, 2.75) is 179 Å². The molecule has 0 unspecified atom stereocenters. The van der Waals surface area contributed by atoms with Gasteiger partial charge in [-0.15, -0.1) is 0 Å². The molecule has 1 aromatic rings. The third-order valence-corrected chi connectivity index (χ3v) is 13.4. The first-order valence-electron chi connectivity index (χ1n) is 26.4. The summed E-state index contributed by atoms with van der Waals surface area (Å²) in [6.45, 7) is 12.8. The first kappa shape index (κ1) is 63.1. The van der Waals surface area contributed by atoms with E-state index < -0.39 is 95.7 Å². The van der Waals surface area contributed by atoms with E-state index in [1.807, 2.05) is 26.0 Å². The molecule has 3 heterocycles. The number of anilines is 1. The van der Waals surface area contributed by atoms with Crippen molar-refractivity contribution < 1.29 is 67.5 Å². The van der Waals surface area contributed by atoms with Gasteiger partial charge in [0.15, 0.2) is 0 Å². The number of amides is 9. The van der Waals surface area contributed by atoms with Crippen LogP contribution in [0.4, 0.5) is 15.3 Å². The van der Waals surface area contributed by atoms with Crippen molar-refractivity contribution >= 4 is 53.3 Å². The van der Waals surface area contributed by atoms with Crippen LogP contribution in [0.15, 0.2) is 60.2 Å². The van der Waals surface area contributed by atoms with E-state index in [0.717, 1.165) is 12.0 Å². The van der Waals surface area contributed by atoms with Crippen LogP contribution in [0.2, 0.25) is 0 Å². The lowest BCUT2D eigenvalue weighted by Gasteiger charge is -2.39. The Labute approximate surface area is 450 Å². The van der Waals surface area contributed by atoms with Crippen molar-refractivity contribution in [3.8, 4) is 0 Å². The SMILES string of the molecule is CC(=O)N[C@@H](CCCCN)C(=O)N[C@H](C(=O)N[C@@H](CCCNC(N)=O)C(=O)Nc1ccc(COC(=O)NNC(=O)C[C@@H]2C[C@@]3(CO3)[C@H](O)[C@@H](/C=C/C(C)=C/C[C@@H]3O[C@H](C)[C@H](NC(=O)/C=C\[C@H](C)O)C[C@@H]3C)O2)cc1)C(C)C. The molecule has 0 aliphatic carbocycles. The number of epoxide rings is 1. The van der Waals surface area contributed by atoms with Crippen molar-refractivity contribution in [3.63, 3.8) is 0 Å². The molecule has 24 heteroatoms. The molecule has 3 aliphatic rings. The molecule has 3 aliphatic heterocycles.